The van der Waals surface area contributed by atoms with Gasteiger partial charge in [0.05, 0.1) is 0 Å². The Balaban J connectivity index is 0.000000583. The average molecular weight is 1370 g/mol. The van der Waals surface area contributed by atoms with Crippen molar-refractivity contribution in [1.82, 2.24) is 0 Å². The summed E-state index contributed by atoms with van der Waals surface area (Å²) < 4.78 is 31.6. The van der Waals surface area contributed by atoms with Crippen molar-refractivity contribution in [3.63, 3.8) is 0 Å². The fraction of sp³-hybridized carbons (Fsp3) is 0.929. The minimum atomic E-state index is -0.138. The quantitative estimate of drug-likeness (QED) is 0.0323. The van der Waals surface area contributed by atoms with Gasteiger partial charge in [-0.3, -0.25) is 28.8 Å². The van der Waals surface area contributed by atoms with Crippen molar-refractivity contribution >= 4 is 35.8 Å². The molecule has 0 aromatic heterocycles. The fourth-order valence-electron chi connectivity index (χ4n) is 14.1. The van der Waals surface area contributed by atoms with E-state index in [1.165, 1.54) is 289 Å². The summed E-state index contributed by atoms with van der Waals surface area (Å²) in [7, 11) is 0. The SMILES string of the molecule is CCCCCCCC1CCCC(=O)O1.CCCCCCCCC1(C)CCC(=O)O1.CCCCCCCCCC1(C)CCC(=O)O1.CCCCCCCCCC1CCCC(=O)O1.CCCCCCCCCCCC1CCC(=O)O1.CCCCCCCCCCCCCC1CCC(=O)O1. The van der Waals surface area contributed by atoms with E-state index >= 15 is 0 Å². The topological polar surface area (TPSA) is 158 Å². The second-order valence-corrected chi connectivity index (χ2v) is 30.6. The van der Waals surface area contributed by atoms with Crippen molar-refractivity contribution in [2.24, 2.45) is 0 Å². The van der Waals surface area contributed by atoms with Gasteiger partial charge in [0, 0.05) is 38.5 Å². The standard InChI is InChI=1S/C17H32O2.C15H28O2.2C14H26O2.C13H24O2.C12H22O2/c1-2-3-4-5-6-7-8-9-10-11-12-13-16-14-15-17(18)19-16;1-2-3-4-5-6-7-8-9-10-11-14-12-13-15(16)17-14;1-3-4-5-6-7-8-9-11-14(2)12-10-13(15)16-14;1-2-3-4-5-6-7-8-10-13-11-9-12-14(15)16-13;1-3-4-5-6-7-8-10-13(2)11-9-12(14)15-13;1-2-3-4-5-6-8-11-9-7-10-12(13)14-11/h16H,2-15H2,1H3;14H,2-13H2,1H3;3-12H2,1-2H3;13H,2-12H2,1H3;3-11H2,1-2H3;11H,2-10H2,1H3. The number of hydrogen-bond acceptors (Lipinski definition) is 12. The number of hydrogen-bond donors (Lipinski definition) is 0. The Labute approximate surface area is 598 Å². The van der Waals surface area contributed by atoms with Crippen molar-refractivity contribution < 1.29 is 57.2 Å². The van der Waals surface area contributed by atoms with Crippen LogP contribution in [0.1, 0.15) is 473 Å². The van der Waals surface area contributed by atoms with E-state index in [-0.39, 0.29) is 71.4 Å². The summed E-state index contributed by atoms with van der Waals surface area (Å²) in [5.41, 5.74) is -0.275. The van der Waals surface area contributed by atoms with Crippen molar-refractivity contribution in [3.05, 3.63) is 0 Å². The highest BCUT2D eigenvalue weighted by molar-refractivity contribution is 5.73. The summed E-state index contributed by atoms with van der Waals surface area (Å²) in [5.74, 6) is 0.0157. The zero-order valence-corrected chi connectivity index (χ0v) is 65.2. The molecule has 12 nitrogen and oxygen atoms in total. The van der Waals surface area contributed by atoms with E-state index in [0.717, 1.165) is 89.9 Å². The van der Waals surface area contributed by atoms with E-state index in [1.54, 1.807) is 0 Å². The molecule has 0 bridgehead atoms. The normalized spacial score (nSPS) is 21.8. The van der Waals surface area contributed by atoms with Crippen molar-refractivity contribution in [3.8, 4) is 0 Å². The summed E-state index contributed by atoms with van der Waals surface area (Å²) in [5, 5.41) is 0. The largest absolute Gasteiger partial charge is 0.462 e. The number of esters is 6. The van der Waals surface area contributed by atoms with Gasteiger partial charge in [0.25, 0.3) is 0 Å². The molecule has 6 fully saturated rings. The van der Waals surface area contributed by atoms with Gasteiger partial charge in [-0.2, -0.15) is 0 Å². The maximum absolute atomic E-state index is 11.1. The number of rotatable bonds is 51. The minimum absolute atomic E-state index is 0.00549. The molecule has 0 amide bonds. The Hall–Kier alpha value is -3.18. The summed E-state index contributed by atoms with van der Waals surface area (Å²) in [6.45, 7) is 17.6. The molecule has 6 aliphatic heterocycles. The highest BCUT2D eigenvalue weighted by atomic mass is 16.6. The van der Waals surface area contributed by atoms with Crippen LogP contribution in [0.25, 0.3) is 0 Å². The molecule has 0 aliphatic carbocycles. The molecule has 0 aromatic carbocycles. The van der Waals surface area contributed by atoms with Crippen LogP contribution < -0.4 is 0 Å². The lowest BCUT2D eigenvalue weighted by atomic mass is 9.95. The molecule has 97 heavy (non-hydrogen) atoms. The number of carbonyl (C=O) groups is 6. The lowest BCUT2D eigenvalue weighted by molar-refractivity contribution is -0.155. The first kappa shape index (κ1) is 91.8. The molecule has 570 valence electrons. The van der Waals surface area contributed by atoms with Gasteiger partial charge in [-0.05, 0) is 142 Å². The van der Waals surface area contributed by atoms with Gasteiger partial charge in [0.1, 0.15) is 35.6 Å². The minimum Gasteiger partial charge on any atom is -0.462 e. The van der Waals surface area contributed by atoms with Crippen LogP contribution in [0.4, 0.5) is 0 Å². The second-order valence-electron chi connectivity index (χ2n) is 30.6. The highest BCUT2D eigenvalue weighted by Crippen LogP contribution is 2.33. The van der Waals surface area contributed by atoms with Gasteiger partial charge in [-0.15, -0.1) is 0 Å². The Bertz CT molecular complexity index is 1870. The third-order valence-corrected chi connectivity index (χ3v) is 20.7. The van der Waals surface area contributed by atoms with E-state index < -0.39 is 0 Å². The zero-order valence-electron chi connectivity index (χ0n) is 65.2. The Morgan fingerprint density at radius 2 is 0.454 bits per heavy atom. The van der Waals surface area contributed by atoms with Crippen molar-refractivity contribution in [2.45, 2.75) is 508 Å². The van der Waals surface area contributed by atoms with Crippen LogP contribution in [0, 0.1) is 0 Å². The third-order valence-electron chi connectivity index (χ3n) is 20.7. The predicted molar refractivity (Wildman–Crippen MR) is 403 cm³/mol. The third kappa shape index (κ3) is 57.1. The van der Waals surface area contributed by atoms with E-state index in [0.29, 0.717) is 38.5 Å². The molecule has 0 radical (unpaired) electrons. The van der Waals surface area contributed by atoms with Gasteiger partial charge in [0.15, 0.2) is 0 Å². The van der Waals surface area contributed by atoms with Gasteiger partial charge < -0.3 is 28.4 Å². The predicted octanol–water partition coefficient (Wildman–Crippen LogP) is 25.7. The van der Waals surface area contributed by atoms with E-state index in [4.69, 9.17) is 28.4 Å². The molecule has 6 aliphatic rings. The highest BCUT2D eigenvalue weighted by Gasteiger charge is 2.36. The average Bonchev–Trinajstić information content (AvgIpc) is 1.81. The molecule has 12 heteroatoms. The molecule has 0 aromatic rings. The molecular formula is C85H158O12. The van der Waals surface area contributed by atoms with Gasteiger partial charge in [-0.25, -0.2) is 0 Å². The van der Waals surface area contributed by atoms with Crippen LogP contribution >= 0.6 is 0 Å². The molecular weight excluding hydrogens is 1210 g/mol. The molecule has 6 heterocycles. The first-order valence-corrected chi connectivity index (χ1v) is 42.3. The van der Waals surface area contributed by atoms with Crippen LogP contribution in [0.3, 0.4) is 0 Å². The van der Waals surface area contributed by atoms with Gasteiger partial charge in [0.2, 0.25) is 0 Å². The first-order valence-electron chi connectivity index (χ1n) is 42.3. The maximum atomic E-state index is 11.1. The summed E-state index contributed by atoms with van der Waals surface area (Å²) in [4.78, 5) is 65.9. The Morgan fingerprint density at radius 3 is 0.660 bits per heavy atom. The van der Waals surface area contributed by atoms with Gasteiger partial charge in [-0.1, -0.05) is 292 Å². The molecule has 0 spiro atoms. The van der Waals surface area contributed by atoms with Crippen LogP contribution in [-0.2, 0) is 57.2 Å². The summed E-state index contributed by atoms with van der Waals surface area (Å²) in [6, 6.07) is 0. The zero-order chi connectivity index (χ0) is 71.0. The smallest absolute Gasteiger partial charge is 0.306 e. The molecule has 6 rings (SSSR count). The van der Waals surface area contributed by atoms with Gasteiger partial charge >= 0.3 is 35.8 Å². The molecule has 6 unspecified atom stereocenters. The number of ether oxygens (including phenoxy) is 6. The fourth-order valence-corrected chi connectivity index (χ4v) is 14.1. The Kier molecular flexibility index (Phi) is 61.4. The summed E-state index contributed by atoms with van der Waals surface area (Å²) in [6.07, 6.45) is 79.4. The summed E-state index contributed by atoms with van der Waals surface area (Å²) >= 11 is 0. The van der Waals surface area contributed by atoms with E-state index in [9.17, 15) is 28.8 Å². The number of cyclic esters (lactones) is 6. The monoisotopic (exact) mass is 1370 g/mol. The van der Waals surface area contributed by atoms with E-state index in [2.05, 4.69) is 55.4 Å². The van der Waals surface area contributed by atoms with Crippen LogP contribution in [0.2, 0.25) is 0 Å². The van der Waals surface area contributed by atoms with E-state index in [1.807, 2.05) is 0 Å². The number of carbonyl (C=O) groups excluding carboxylic acids is 6. The number of unbranched alkanes of at least 4 members (excludes halogenated alkanes) is 39. The van der Waals surface area contributed by atoms with Crippen molar-refractivity contribution in [2.75, 3.05) is 0 Å². The molecule has 0 N–H and O–H groups in total. The van der Waals surface area contributed by atoms with Crippen LogP contribution in [0.15, 0.2) is 0 Å². The molecule has 6 atom stereocenters. The molecule has 6 saturated heterocycles. The van der Waals surface area contributed by atoms with Crippen LogP contribution in [-0.4, -0.2) is 71.4 Å². The lowest BCUT2D eigenvalue weighted by Crippen LogP contribution is -2.23. The van der Waals surface area contributed by atoms with Crippen LogP contribution in [0.5, 0.6) is 0 Å². The Morgan fingerprint density at radius 1 is 0.247 bits per heavy atom. The lowest BCUT2D eigenvalue weighted by Gasteiger charge is -2.22. The van der Waals surface area contributed by atoms with Crippen molar-refractivity contribution in [1.29, 1.82) is 0 Å². The second kappa shape index (κ2) is 64.9. The maximum Gasteiger partial charge on any atom is 0.306 e. The molecule has 0 saturated carbocycles. The first-order chi connectivity index (χ1) is 47.1.